The molecule has 0 amide bonds. The standard InChI is InChI=1S/C11H16N2O2/c1-13-8-12-7-10(13)11(14)5-4-9-3-2-6-15-9/h7-9H,2-6H2,1H3. The lowest BCUT2D eigenvalue weighted by atomic mass is 10.1. The first-order chi connectivity index (χ1) is 7.27. The molecule has 4 heteroatoms. The maximum absolute atomic E-state index is 11.8. The Bertz CT molecular complexity index is 340. The van der Waals surface area contributed by atoms with Crippen LogP contribution in [0.5, 0.6) is 0 Å². The number of nitrogens with zero attached hydrogens (tertiary/aromatic N) is 2. The molecule has 0 aromatic carbocycles. The maximum Gasteiger partial charge on any atom is 0.180 e. The van der Waals surface area contributed by atoms with E-state index in [1.165, 1.54) is 0 Å². The predicted octanol–water partition coefficient (Wildman–Crippen LogP) is 1.56. The molecule has 4 nitrogen and oxygen atoms in total. The molecule has 1 fully saturated rings. The first-order valence-corrected chi connectivity index (χ1v) is 5.38. The van der Waals surface area contributed by atoms with E-state index < -0.39 is 0 Å². The second-order valence-electron chi connectivity index (χ2n) is 3.99. The van der Waals surface area contributed by atoms with Crippen LogP contribution in [0.3, 0.4) is 0 Å². The van der Waals surface area contributed by atoms with Crippen LogP contribution in [-0.4, -0.2) is 28.0 Å². The summed E-state index contributed by atoms with van der Waals surface area (Å²) in [6.07, 6.45) is 7.19. The highest BCUT2D eigenvalue weighted by atomic mass is 16.5. The van der Waals surface area contributed by atoms with Crippen LogP contribution in [0.15, 0.2) is 12.5 Å². The molecule has 1 aliphatic heterocycles. The van der Waals surface area contributed by atoms with Gasteiger partial charge in [-0.15, -0.1) is 0 Å². The molecule has 1 unspecified atom stereocenters. The van der Waals surface area contributed by atoms with E-state index in [1.54, 1.807) is 17.1 Å². The lowest BCUT2D eigenvalue weighted by Crippen LogP contribution is -2.11. The lowest BCUT2D eigenvalue weighted by Gasteiger charge is -2.07. The van der Waals surface area contributed by atoms with Crippen molar-refractivity contribution in [1.82, 2.24) is 9.55 Å². The maximum atomic E-state index is 11.8. The second-order valence-corrected chi connectivity index (χ2v) is 3.99. The number of Topliss-reactive ketones (excluding diaryl/α,β-unsaturated/α-hetero) is 1. The summed E-state index contributed by atoms with van der Waals surface area (Å²) in [5.41, 5.74) is 0.688. The monoisotopic (exact) mass is 208 g/mol. The highest BCUT2D eigenvalue weighted by Crippen LogP contribution is 2.17. The minimum atomic E-state index is 0.158. The van der Waals surface area contributed by atoms with Crippen LogP contribution >= 0.6 is 0 Å². The van der Waals surface area contributed by atoms with Gasteiger partial charge >= 0.3 is 0 Å². The summed E-state index contributed by atoms with van der Waals surface area (Å²) in [5, 5.41) is 0. The first-order valence-electron chi connectivity index (χ1n) is 5.38. The zero-order chi connectivity index (χ0) is 10.7. The molecule has 0 aliphatic carbocycles. The summed E-state index contributed by atoms with van der Waals surface area (Å²) in [5.74, 6) is 0.158. The van der Waals surface area contributed by atoms with Crippen molar-refractivity contribution < 1.29 is 9.53 Å². The Morgan fingerprint density at radius 2 is 2.60 bits per heavy atom. The summed E-state index contributed by atoms with van der Waals surface area (Å²) < 4.78 is 7.24. The fraction of sp³-hybridized carbons (Fsp3) is 0.636. The molecule has 1 saturated heterocycles. The fourth-order valence-electron chi connectivity index (χ4n) is 1.92. The average molecular weight is 208 g/mol. The Kier molecular flexibility index (Phi) is 3.16. The third-order valence-electron chi connectivity index (χ3n) is 2.82. The molecule has 15 heavy (non-hydrogen) atoms. The molecule has 82 valence electrons. The molecule has 1 aromatic heterocycles. The number of imidazole rings is 1. The van der Waals surface area contributed by atoms with Crippen molar-refractivity contribution in [2.45, 2.75) is 31.8 Å². The number of hydrogen-bond donors (Lipinski definition) is 0. The molecule has 0 N–H and O–H groups in total. The van der Waals surface area contributed by atoms with Crippen LogP contribution in [0, 0.1) is 0 Å². The molecular weight excluding hydrogens is 192 g/mol. The second kappa shape index (κ2) is 4.57. The van der Waals surface area contributed by atoms with Crippen LogP contribution in [0.4, 0.5) is 0 Å². The van der Waals surface area contributed by atoms with E-state index in [9.17, 15) is 4.79 Å². The normalized spacial score (nSPS) is 20.7. The summed E-state index contributed by atoms with van der Waals surface area (Å²) in [6, 6.07) is 0. The zero-order valence-electron chi connectivity index (χ0n) is 8.98. The minimum Gasteiger partial charge on any atom is -0.378 e. The quantitative estimate of drug-likeness (QED) is 0.705. The van der Waals surface area contributed by atoms with Crippen LogP contribution in [0.1, 0.15) is 36.2 Å². The molecule has 0 radical (unpaired) electrons. The van der Waals surface area contributed by atoms with Gasteiger partial charge in [0.2, 0.25) is 0 Å². The molecule has 1 atom stereocenters. The van der Waals surface area contributed by atoms with Crippen molar-refractivity contribution in [1.29, 1.82) is 0 Å². The Labute approximate surface area is 89.3 Å². The highest BCUT2D eigenvalue weighted by Gasteiger charge is 2.18. The van der Waals surface area contributed by atoms with Crippen molar-refractivity contribution in [3.63, 3.8) is 0 Å². The van der Waals surface area contributed by atoms with Crippen molar-refractivity contribution >= 4 is 5.78 Å². The zero-order valence-corrected chi connectivity index (χ0v) is 8.98. The number of aromatic nitrogens is 2. The Balaban J connectivity index is 1.84. The van der Waals surface area contributed by atoms with Gasteiger partial charge in [-0.3, -0.25) is 4.79 Å². The van der Waals surface area contributed by atoms with Crippen molar-refractivity contribution in [3.05, 3.63) is 18.2 Å². The lowest BCUT2D eigenvalue weighted by molar-refractivity contribution is 0.0854. The number of ketones is 1. The van der Waals surface area contributed by atoms with E-state index in [2.05, 4.69) is 4.98 Å². The van der Waals surface area contributed by atoms with E-state index in [-0.39, 0.29) is 5.78 Å². The van der Waals surface area contributed by atoms with Crippen LogP contribution in [0.25, 0.3) is 0 Å². The largest absolute Gasteiger partial charge is 0.378 e. The Morgan fingerprint density at radius 3 is 3.20 bits per heavy atom. The van der Waals surface area contributed by atoms with Gasteiger partial charge in [-0.1, -0.05) is 0 Å². The number of hydrogen-bond acceptors (Lipinski definition) is 3. The van der Waals surface area contributed by atoms with E-state index >= 15 is 0 Å². The van der Waals surface area contributed by atoms with Gasteiger partial charge in [0.15, 0.2) is 5.78 Å². The van der Waals surface area contributed by atoms with Crippen LogP contribution < -0.4 is 0 Å². The highest BCUT2D eigenvalue weighted by molar-refractivity contribution is 5.94. The fourth-order valence-corrected chi connectivity index (χ4v) is 1.92. The van der Waals surface area contributed by atoms with Gasteiger partial charge in [0.1, 0.15) is 5.69 Å². The summed E-state index contributed by atoms with van der Waals surface area (Å²) in [4.78, 5) is 15.7. The Morgan fingerprint density at radius 1 is 1.73 bits per heavy atom. The predicted molar refractivity (Wildman–Crippen MR) is 55.7 cm³/mol. The van der Waals surface area contributed by atoms with Crippen molar-refractivity contribution in [3.8, 4) is 0 Å². The van der Waals surface area contributed by atoms with Gasteiger partial charge in [-0.05, 0) is 19.3 Å². The van der Waals surface area contributed by atoms with E-state index in [1.807, 2.05) is 7.05 Å². The van der Waals surface area contributed by atoms with E-state index in [0.717, 1.165) is 25.9 Å². The minimum absolute atomic E-state index is 0.158. The van der Waals surface area contributed by atoms with Gasteiger partial charge in [-0.25, -0.2) is 4.98 Å². The van der Waals surface area contributed by atoms with Gasteiger partial charge < -0.3 is 9.30 Å². The average Bonchev–Trinajstić information content (AvgIpc) is 2.84. The van der Waals surface area contributed by atoms with Gasteiger partial charge in [0.05, 0.1) is 18.6 Å². The summed E-state index contributed by atoms with van der Waals surface area (Å²) in [7, 11) is 1.84. The third kappa shape index (κ3) is 2.45. The molecule has 1 aliphatic rings. The van der Waals surface area contributed by atoms with Crippen LogP contribution in [0.2, 0.25) is 0 Å². The van der Waals surface area contributed by atoms with E-state index in [4.69, 9.17) is 4.74 Å². The topological polar surface area (TPSA) is 44.1 Å². The molecule has 1 aromatic rings. The number of rotatable bonds is 4. The molecular formula is C11H16N2O2. The van der Waals surface area contributed by atoms with Gasteiger partial charge in [-0.2, -0.15) is 0 Å². The number of carbonyl (C=O) groups excluding carboxylic acids is 1. The van der Waals surface area contributed by atoms with Gasteiger partial charge in [0.25, 0.3) is 0 Å². The molecule has 0 bridgehead atoms. The van der Waals surface area contributed by atoms with Crippen molar-refractivity contribution in [2.75, 3.05) is 6.61 Å². The molecule has 2 rings (SSSR count). The molecule has 2 heterocycles. The summed E-state index contributed by atoms with van der Waals surface area (Å²) in [6.45, 7) is 0.852. The van der Waals surface area contributed by atoms with Crippen molar-refractivity contribution in [2.24, 2.45) is 7.05 Å². The van der Waals surface area contributed by atoms with Gasteiger partial charge in [0, 0.05) is 20.1 Å². The molecule has 0 spiro atoms. The summed E-state index contributed by atoms with van der Waals surface area (Å²) >= 11 is 0. The Hall–Kier alpha value is -1.16. The number of ether oxygens (including phenoxy) is 1. The SMILES string of the molecule is Cn1cncc1C(=O)CCC1CCCO1. The molecule has 0 saturated carbocycles. The van der Waals surface area contributed by atoms with E-state index in [0.29, 0.717) is 18.2 Å². The number of aryl methyl sites for hydroxylation is 1. The van der Waals surface area contributed by atoms with Crippen LogP contribution in [-0.2, 0) is 11.8 Å². The smallest absolute Gasteiger partial charge is 0.180 e. The third-order valence-corrected chi connectivity index (χ3v) is 2.82. The number of carbonyl (C=O) groups is 1. The first kappa shape index (κ1) is 10.4.